The first-order chi connectivity index (χ1) is 13.2. The highest BCUT2D eigenvalue weighted by Crippen LogP contribution is 2.42. The van der Waals surface area contributed by atoms with Crippen LogP contribution in [0.3, 0.4) is 0 Å². The minimum Gasteiger partial charge on any atom is -0.376 e. The van der Waals surface area contributed by atoms with Crippen LogP contribution in [-0.2, 0) is 11.2 Å². The van der Waals surface area contributed by atoms with Crippen LogP contribution in [0, 0.1) is 6.92 Å². The quantitative estimate of drug-likeness (QED) is 0.807. The van der Waals surface area contributed by atoms with Crippen LogP contribution in [0.4, 0.5) is 0 Å². The minimum atomic E-state index is 0.00903. The lowest BCUT2D eigenvalue weighted by atomic mass is 10.1. The summed E-state index contributed by atoms with van der Waals surface area (Å²) in [5.41, 5.74) is 5.06. The van der Waals surface area contributed by atoms with Gasteiger partial charge in [-0.15, -0.1) is 0 Å². The van der Waals surface area contributed by atoms with E-state index in [-0.39, 0.29) is 12.0 Å². The Balaban J connectivity index is 1.68. The molecule has 1 aromatic heterocycles. The first-order valence-electron chi connectivity index (χ1n) is 10.3. The molecule has 1 aliphatic carbocycles. The number of ether oxygens (including phenoxy) is 1. The second-order valence-corrected chi connectivity index (χ2v) is 7.83. The number of carbonyl (C=O) groups excluding carboxylic acids is 1. The topological polar surface area (TPSA) is 56.1 Å². The molecule has 0 spiro atoms. The zero-order chi connectivity index (χ0) is 18.8. The zero-order valence-corrected chi connectivity index (χ0v) is 16.3. The van der Waals surface area contributed by atoms with Gasteiger partial charge in [-0.05, 0) is 56.7 Å². The van der Waals surface area contributed by atoms with Gasteiger partial charge in [0.2, 0.25) is 0 Å². The average Bonchev–Trinajstić information content (AvgIpc) is 3.24. The Kier molecular flexibility index (Phi) is 5.30. The van der Waals surface area contributed by atoms with E-state index in [9.17, 15) is 4.79 Å². The molecule has 1 saturated heterocycles. The van der Waals surface area contributed by atoms with Gasteiger partial charge >= 0.3 is 0 Å². The molecule has 144 valence electrons. The lowest BCUT2D eigenvalue weighted by molar-refractivity contribution is 0.0856. The van der Waals surface area contributed by atoms with Crippen molar-refractivity contribution in [2.24, 2.45) is 0 Å². The number of aryl methyl sites for hydroxylation is 1. The van der Waals surface area contributed by atoms with Crippen LogP contribution in [0.2, 0.25) is 0 Å². The predicted octanol–water partition coefficient (Wildman–Crippen LogP) is 3.92. The van der Waals surface area contributed by atoms with Crippen LogP contribution in [-0.4, -0.2) is 34.9 Å². The monoisotopic (exact) mass is 367 g/mol. The fourth-order valence-electron chi connectivity index (χ4n) is 3.90. The Morgan fingerprint density at radius 2 is 2.19 bits per heavy atom. The Morgan fingerprint density at radius 3 is 2.85 bits per heavy atom. The van der Waals surface area contributed by atoms with Crippen LogP contribution in [0.1, 0.15) is 72.3 Å². The minimum absolute atomic E-state index is 0.00903. The molecule has 4 rings (SSSR count). The maximum Gasteiger partial charge on any atom is 0.255 e. The van der Waals surface area contributed by atoms with Crippen molar-refractivity contribution in [3.05, 3.63) is 46.8 Å². The van der Waals surface area contributed by atoms with Gasteiger partial charge in [0.05, 0.1) is 28.7 Å². The van der Waals surface area contributed by atoms with Gasteiger partial charge in [0, 0.05) is 19.1 Å². The summed E-state index contributed by atoms with van der Waals surface area (Å²) in [6.45, 7) is 5.63. The predicted molar refractivity (Wildman–Crippen MR) is 106 cm³/mol. The molecular formula is C22H29N3O2. The van der Waals surface area contributed by atoms with E-state index in [0.717, 1.165) is 67.8 Å². The molecule has 1 atom stereocenters. The Morgan fingerprint density at radius 1 is 1.33 bits per heavy atom. The van der Waals surface area contributed by atoms with E-state index in [1.165, 1.54) is 5.56 Å². The van der Waals surface area contributed by atoms with Gasteiger partial charge < -0.3 is 10.1 Å². The summed E-state index contributed by atoms with van der Waals surface area (Å²) in [6.07, 6.45) is 6.34. The molecule has 2 fully saturated rings. The third kappa shape index (κ3) is 3.93. The smallest absolute Gasteiger partial charge is 0.255 e. The van der Waals surface area contributed by atoms with Crippen LogP contribution >= 0.6 is 0 Å². The van der Waals surface area contributed by atoms with Crippen molar-refractivity contribution in [2.45, 2.75) is 64.4 Å². The van der Waals surface area contributed by atoms with Gasteiger partial charge in [-0.2, -0.15) is 5.10 Å². The third-order valence-corrected chi connectivity index (χ3v) is 5.45. The van der Waals surface area contributed by atoms with E-state index in [1.807, 2.05) is 4.68 Å². The van der Waals surface area contributed by atoms with Crippen molar-refractivity contribution in [3.8, 4) is 5.69 Å². The van der Waals surface area contributed by atoms with Gasteiger partial charge in [-0.1, -0.05) is 25.5 Å². The van der Waals surface area contributed by atoms with E-state index in [2.05, 4.69) is 43.4 Å². The standard InChI is InChI=1S/C22H29N3O2/c1-3-6-19-20(22(26)23-14-18-9-5-12-27-18)21(16-10-11-16)24-25(19)17-8-4-7-15(2)13-17/h4,7-8,13,16,18H,3,5-6,9-12,14H2,1-2H3,(H,23,26). The SMILES string of the molecule is CCCc1c(C(=O)NCC2CCCO2)c(C2CC2)nn1-c1cccc(C)c1. The molecule has 27 heavy (non-hydrogen) atoms. The number of nitrogens with zero attached hydrogens (tertiary/aromatic N) is 2. The molecule has 2 heterocycles. The van der Waals surface area contributed by atoms with E-state index < -0.39 is 0 Å². The summed E-state index contributed by atoms with van der Waals surface area (Å²) in [5.74, 6) is 0.435. The maximum absolute atomic E-state index is 13.1. The molecular weight excluding hydrogens is 338 g/mol. The number of benzene rings is 1. The summed E-state index contributed by atoms with van der Waals surface area (Å²) in [4.78, 5) is 13.1. The first-order valence-corrected chi connectivity index (χ1v) is 10.3. The number of aromatic nitrogens is 2. The van der Waals surface area contributed by atoms with Crippen molar-refractivity contribution >= 4 is 5.91 Å². The molecule has 1 N–H and O–H groups in total. The largest absolute Gasteiger partial charge is 0.376 e. The Labute approximate surface area is 161 Å². The lowest BCUT2D eigenvalue weighted by Gasteiger charge is -2.13. The number of nitrogens with one attached hydrogen (secondary N) is 1. The Bertz CT molecular complexity index is 817. The second-order valence-electron chi connectivity index (χ2n) is 7.83. The van der Waals surface area contributed by atoms with E-state index >= 15 is 0 Å². The number of hydrogen-bond donors (Lipinski definition) is 1. The highest BCUT2D eigenvalue weighted by atomic mass is 16.5. The number of amides is 1. The summed E-state index contributed by atoms with van der Waals surface area (Å²) < 4.78 is 7.66. The van der Waals surface area contributed by atoms with Gasteiger partial charge in [0.1, 0.15) is 0 Å². The number of rotatable bonds is 7. The summed E-state index contributed by atoms with van der Waals surface area (Å²) >= 11 is 0. The summed E-state index contributed by atoms with van der Waals surface area (Å²) in [6, 6.07) is 8.35. The molecule has 0 bridgehead atoms. The van der Waals surface area contributed by atoms with Crippen molar-refractivity contribution in [2.75, 3.05) is 13.2 Å². The molecule has 1 saturated carbocycles. The third-order valence-electron chi connectivity index (χ3n) is 5.45. The van der Waals surface area contributed by atoms with E-state index in [4.69, 9.17) is 9.84 Å². The van der Waals surface area contributed by atoms with Gasteiger partial charge in [-0.3, -0.25) is 4.79 Å². The lowest BCUT2D eigenvalue weighted by Crippen LogP contribution is -2.32. The first kappa shape index (κ1) is 18.2. The van der Waals surface area contributed by atoms with E-state index in [1.54, 1.807) is 0 Å². The number of hydrogen-bond acceptors (Lipinski definition) is 3. The van der Waals surface area contributed by atoms with E-state index in [0.29, 0.717) is 12.5 Å². The van der Waals surface area contributed by atoms with Crippen molar-refractivity contribution < 1.29 is 9.53 Å². The maximum atomic E-state index is 13.1. The second kappa shape index (κ2) is 7.85. The molecule has 1 amide bonds. The fraction of sp³-hybridized carbons (Fsp3) is 0.545. The van der Waals surface area contributed by atoms with Crippen LogP contribution in [0.25, 0.3) is 5.69 Å². The summed E-state index contributed by atoms with van der Waals surface area (Å²) in [7, 11) is 0. The van der Waals surface area contributed by atoms with Crippen LogP contribution < -0.4 is 5.32 Å². The van der Waals surface area contributed by atoms with Crippen LogP contribution in [0.5, 0.6) is 0 Å². The Hall–Kier alpha value is -2.14. The summed E-state index contributed by atoms with van der Waals surface area (Å²) in [5, 5.41) is 8.05. The highest BCUT2D eigenvalue weighted by Gasteiger charge is 2.34. The molecule has 5 heteroatoms. The van der Waals surface area contributed by atoms with Crippen molar-refractivity contribution in [1.82, 2.24) is 15.1 Å². The zero-order valence-electron chi connectivity index (χ0n) is 16.3. The fourth-order valence-corrected chi connectivity index (χ4v) is 3.90. The number of carbonyl (C=O) groups is 1. The van der Waals surface area contributed by atoms with Crippen molar-refractivity contribution in [1.29, 1.82) is 0 Å². The normalized spacial score (nSPS) is 19.4. The molecule has 2 aliphatic rings. The molecule has 1 unspecified atom stereocenters. The van der Waals surface area contributed by atoms with Gasteiger partial charge in [-0.25, -0.2) is 4.68 Å². The van der Waals surface area contributed by atoms with Gasteiger partial charge in [0.25, 0.3) is 5.91 Å². The average molecular weight is 367 g/mol. The molecule has 5 nitrogen and oxygen atoms in total. The van der Waals surface area contributed by atoms with Crippen LogP contribution in [0.15, 0.2) is 24.3 Å². The molecule has 0 radical (unpaired) electrons. The van der Waals surface area contributed by atoms with Gasteiger partial charge in [0.15, 0.2) is 0 Å². The molecule has 1 aromatic carbocycles. The highest BCUT2D eigenvalue weighted by molar-refractivity contribution is 5.97. The van der Waals surface area contributed by atoms with Crippen molar-refractivity contribution in [3.63, 3.8) is 0 Å². The molecule has 2 aromatic rings. The molecule has 1 aliphatic heterocycles.